The minimum atomic E-state index is -3.41. The Morgan fingerprint density at radius 2 is 1.95 bits per heavy atom. The minimum Gasteiger partial charge on any atom is -0.310 e. The molecule has 0 atom stereocenters. The zero-order chi connectivity index (χ0) is 14.4. The van der Waals surface area contributed by atoms with Crippen LogP contribution in [0.4, 0.5) is 0 Å². The lowest BCUT2D eigenvalue weighted by Crippen LogP contribution is -2.24. The van der Waals surface area contributed by atoms with Gasteiger partial charge in [0.25, 0.3) is 0 Å². The molecular formula is C15H20N2O2S. The largest absolute Gasteiger partial charge is 0.310 e. The number of hydrogen-bond donors (Lipinski definition) is 2. The van der Waals surface area contributed by atoms with E-state index in [0.29, 0.717) is 23.9 Å². The second-order valence-electron chi connectivity index (χ2n) is 4.87. The van der Waals surface area contributed by atoms with E-state index in [1.165, 1.54) is 12.8 Å². The molecule has 1 aromatic rings. The average Bonchev–Trinajstić information content (AvgIpc) is 3.26. The Kier molecular flexibility index (Phi) is 5.18. The van der Waals surface area contributed by atoms with Crippen LogP contribution in [0, 0.1) is 11.8 Å². The van der Waals surface area contributed by atoms with Crippen LogP contribution < -0.4 is 10.0 Å². The molecule has 0 heterocycles. The highest BCUT2D eigenvalue weighted by Crippen LogP contribution is 2.19. The van der Waals surface area contributed by atoms with Crippen LogP contribution in [0.2, 0.25) is 0 Å². The van der Waals surface area contributed by atoms with Gasteiger partial charge in [-0.1, -0.05) is 12.1 Å². The van der Waals surface area contributed by atoms with Gasteiger partial charge in [0.05, 0.1) is 4.90 Å². The van der Waals surface area contributed by atoms with Crippen LogP contribution in [0.15, 0.2) is 29.2 Å². The summed E-state index contributed by atoms with van der Waals surface area (Å²) in [5, 5.41) is 3.40. The molecule has 108 valence electrons. The van der Waals surface area contributed by atoms with E-state index >= 15 is 0 Å². The zero-order valence-electron chi connectivity index (χ0n) is 11.6. The monoisotopic (exact) mass is 292 g/mol. The van der Waals surface area contributed by atoms with Crippen molar-refractivity contribution in [2.75, 3.05) is 6.54 Å². The lowest BCUT2D eigenvalue weighted by Gasteiger charge is -2.07. The van der Waals surface area contributed by atoms with Gasteiger partial charge in [-0.25, -0.2) is 13.1 Å². The van der Waals surface area contributed by atoms with Crippen molar-refractivity contribution in [1.29, 1.82) is 0 Å². The molecule has 1 aromatic carbocycles. The molecule has 0 radical (unpaired) electrons. The van der Waals surface area contributed by atoms with Crippen molar-refractivity contribution in [1.82, 2.24) is 10.0 Å². The number of sulfonamides is 1. The first-order valence-electron chi connectivity index (χ1n) is 6.83. The molecule has 5 heteroatoms. The molecule has 0 spiro atoms. The van der Waals surface area contributed by atoms with E-state index in [0.717, 1.165) is 12.1 Å². The molecule has 0 amide bonds. The molecular weight excluding hydrogens is 272 g/mol. The molecule has 2 N–H and O–H groups in total. The van der Waals surface area contributed by atoms with E-state index in [9.17, 15) is 8.42 Å². The highest BCUT2D eigenvalue weighted by molar-refractivity contribution is 7.89. The van der Waals surface area contributed by atoms with E-state index in [4.69, 9.17) is 0 Å². The van der Waals surface area contributed by atoms with Gasteiger partial charge in [-0.3, -0.25) is 0 Å². The molecule has 1 aliphatic carbocycles. The SMILES string of the molecule is CC#CCCNS(=O)(=O)c1ccc(CNC2CC2)cc1. The summed E-state index contributed by atoms with van der Waals surface area (Å²) in [6.45, 7) is 2.88. The van der Waals surface area contributed by atoms with Gasteiger partial charge in [0.1, 0.15) is 0 Å². The van der Waals surface area contributed by atoms with Crippen LogP contribution >= 0.6 is 0 Å². The van der Waals surface area contributed by atoms with Gasteiger partial charge in [0.2, 0.25) is 10.0 Å². The number of rotatable bonds is 7. The first kappa shape index (κ1) is 15.0. The van der Waals surface area contributed by atoms with E-state index in [2.05, 4.69) is 21.9 Å². The third-order valence-electron chi connectivity index (χ3n) is 3.12. The quantitative estimate of drug-likeness (QED) is 0.593. The normalized spacial score (nSPS) is 14.7. The van der Waals surface area contributed by atoms with Crippen LogP contribution in [0.5, 0.6) is 0 Å². The lowest BCUT2D eigenvalue weighted by molar-refractivity contribution is 0.582. The Hall–Kier alpha value is -1.35. The maximum absolute atomic E-state index is 12.0. The van der Waals surface area contributed by atoms with Gasteiger partial charge in [-0.2, -0.15) is 0 Å². The second-order valence-corrected chi connectivity index (χ2v) is 6.64. The summed E-state index contributed by atoms with van der Waals surface area (Å²) in [5.74, 6) is 5.57. The van der Waals surface area contributed by atoms with Crippen molar-refractivity contribution < 1.29 is 8.42 Å². The molecule has 20 heavy (non-hydrogen) atoms. The molecule has 2 rings (SSSR count). The van der Waals surface area contributed by atoms with E-state index in [1.807, 2.05) is 12.1 Å². The van der Waals surface area contributed by atoms with Crippen molar-refractivity contribution in [3.05, 3.63) is 29.8 Å². The second kappa shape index (κ2) is 6.89. The Balaban J connectivity index is 1.90. The maximum Gasteiger partial charge on any atom is 0.240 e. The summed E-state index contributed by atoms with van der Waals surface area (Å²) < 4.78 is 26.6. The molecule has 0 bridgehead atoms. The summed E-state index contributed by atoms with van der Waals surface area (Å²) in [4.78, 5) is 0.303. The van der Waals surface area contributed by atoms with Gasteiger partial charge < -0.3 is 5.32 Å². The third kappa shape index (κ3) is 4.64. The Labute approximate surface area is 121 Å². The molecule has 1 fully saturated rings. The van der Waals surface area contributed by atoms with E-state index in [1.54, 1.807) is 19.1 Å². The van der Waals surface area contributed by atoms with Gasteiger partial charge >= 0.3 is 0 Å². The lowest BCUT2D eigenvalue weighted by atomic mass is 10.2. The summed E-state index contributed by atoms with van der Waals surface area (Å²) in [5.41, 5.74) is 1.10. The minimum absolute atomic E-state index is 0.303. The summed E-state index contributed by atoms with van der Waals surface area (Å²) >= 11 is 0. The first-order valence-corrected chi connectivity index (χ1v) is 8.32. The topological polar surface area (TPSA) is 58.2 Å². The predicted molar refractivity (Wildman–Crippen MR) is 79.6 cm³/mol. The number of benzene rings is 1. The molecule has 0 saturated heterocycles. The highest BCUT2D eigenvalue weighted by Gasteiger charge is 2.20. The Bertz CT molecular complexity index is 593. The Morgan fingerprint density at radius 1 is 1.25 bits per heavy atom. The average molecular weight is 292 g/mol. The third-order valence-corrected chi connectivity index (χ3v) is 4.60. The fraction of sp³-hybridized carbons (Fsp3) is 0.467. The smallest absolute Gasteiger partial charge is 0.240 e. The van der Waals surface area contributed by atoms with Gasteiger partial charge in [-0.05, 0) is 37.5 Å². The van der Waals surface area contributed by atoms with Crippen molar-refractivity contribution in [3.8, 4) is 11.8 Å². The Morgan fingerprint density at radius 3 is 2.55 bits per heavy atom. The molecule has 0 aliphatic heterocycles. The van der Waals surface area contributed by atoms with Gasteiger partial charge in [0.15, 0.2) is 0 Å². The maximum atomic E-state index is 12.0. The molecule has 0 unspecified atom stereocenters. The molecule has 4 nitrogen and oxygen atoms in total. The zero-order valence-corrected chi connectivity index (χ0v) is 12.5. The summed E-state index contributed by atoms with van der Waals surface area (Å²) in [7, 11) is -3.41. The van der Waals surface area contributed by atoms with Crippen LogP contribution in [-0.2, 0) is 16.6 Å². The van der Waals surface area contributed by atoms with Crippen LogP contribution in [0.25, 0.3) is 0 Å². The van der Waals surface area contributed by atoms with Crippen molar-refractivity contribution in [3.63, 3.8) is 0 Å². The number of nitrogens with one attached hydrogen (secondary N) is 2. The summed E-state index contributed by atoms with van der Waals surface area (Å²) in [6, 6.07) is 7.67. The highest BCUT2D eigenvalue weighted by atomic mass is 32.2. The van der Waals surface area contributed by atoms with Crippen LogP contribution in [0.3, 0.4) is 0 Å². The van der Waals surface area contributed by atoms with Crippen molar-refractivity contribution >= 4 is 10.0 Å². The molecule has 1 aliphatic rings. The predicted octanol–water partition coefficient (Wildman–Crippen LogP) is 1.63. The fourth-order valence-corrected chi connectivity index (χ4v) is 2.82. The van der Waals surface area contributed by atoms with Gasteiger partial charge in [-0.15, -0.1) is 11.8 Å². The van der Waals surface area contributed by atoms with Crippen molar-refractivity contribution in [2.45, 2.75) is 43.7 Å². The fourth-order valence-electron chi connectivity index (χ4n) is 1.79. The van der Waals surface area contributed by atoms with Gasteiger partial charge in [0, 0.05) is 25.6 Å². The van der Waals surface area contributed by atoms with E-state index in [-0.39, 0.29) is 0 Å². The van der Waals surface area contributed by atoms with E-state index < -0.39 is 10.0 Å². The standard InChI is InChI=1S/C15H20N2O2S/c1-2-3-4-11-17-20(18,19)15-9-5-13(6-10-15)12-16-14-7-8-14/h5-6,9-10,14,16-17H,4,7-8,11-12H2,1H3. The molecule has 0 aromatic heterocycles. The van der Waals surface area contributed by atoms with Crippen molar-refractivity contribution in [2.24, 2.45) is 0 Å². The van der Waals surface area contributed by atoms with Crippen LogP contribution in [-0.4, -0.2) is 21.0 Å². The first-order chi connectivity index (χ1) is 9.62. The molecule has 1 saturated carbocycles. The van der Waals surface area contributed by atoms with Crippen LogP contribution in [0.1, 0.15) is 31.7 Å². The summed E-state index contributed by atoms with van der Waals surface area (Å²) in [6.07, 6.45) is 3.02. The number of hydrogen-bond acceptors (Lipinski definition) is 3.